The second kappa shape index (κ2) is 8.95. The van der Waals surface area contributed by atoms with Crippen LogP contribution in [-0.4, -0.2) is 25.5 Å². The molecule has 1 amide bonds. The van der Waals surface area contributed by atoms with E-state index >= 15 is 0 Å². The average molecular weight is 415 g/mol. The van der Waals surface area contributed by atoms with Crippen molar-refractivity contribution in [3.63, 3.8) is 0 Å². The van der Waals surface area contributed by atoms with Gasteiger partial charge < -0.3 is 5.32 Å². The van der Waals surface area contributed by atoms with Crippen molar-refractivity contribution < 1.29 is 4.79 Å². The summed E-state index contributed by atoms with van der Waals surface area (Å²) in [6, 6.07) is 17.5. The first kappa shape index (κ1) is 20.5. The van der Waals surface area contributed by atoms with Gasteiger partial charge in [0.2, 0.25) is 11.3 Å². The Labute approximate surface area is 180 Å². The normalized spacial score (nSPS) is 11.0. The van der Waals surface area contributed by atoms with Crippen LogP contribution in [0.4, 0.5) is 0 Å². The highest BCUT2D eigenvalue weighted by molar-refractivity contribution is 5.79. The molecule has 0 atom stereocenters. The Hall–Kier alpha value is -3.74. The summed E-state index contributed by atoms with van der Waals surface area (Å²) < 4.78 is 3.68. The SMILES string of the molecule is Cc1cc(C)n(Cc2cccc(CNC(=O)CCn3ncc(=O)c4ccccc43)c2)n1. The van der Waals surface area contributed by atoms with E-state index < -0.39 is 0 Å². The molecule has 0 fully saturated rings. The largest absolute Gasteiger partial charge is 0.352 e. The molecule has 0 unspecified atom stereocenters. The number of aryl methyl sites for hydroxylation is 3. The number of fused-ring (bicyclic) bond motifs is 1. The molecule has 1 N–H and O–H groups in total. The standard InChI is InChI=1S/C24H25N5O2/c1-17-12-18(2)29(27-17)16-20-7-5-6-19(13-20)14-25-24(31)10-11-28-22-9-4-3-8-21(22)23(30)15-26-28/h3-9,12-13,15H,10-11,14,16H2,1-2H3,(H,25,31). The molecule has 0 saturated heterocycles. The van der Waals surface area contributed by atoms with Crippen LogP contribution in [0.15, 0.2) is 65.6 Å². The first-order valence-electron chi connectivity index (χ1n) is 10.3. The molecule has 0 aliphatic carbocycles. The number of nitrogens with one attached hydrogen (secondary N) is 1. The van der Waals surface area contributed by atoms with Crippen LogP contribution in [0.2, 0.25) is 0 Å². The fraction of sp³-hybridized carbons (Fsp3) is 0.250. The number of carbonyl (C=O) groups excluding carboxylic acids is 1. The number of carbonyl (C=O) groups is 1. The average Bonchev–Trinajstić information content (AvgIpc) is 3.08. The highest BCUT2D eigenvalue weighted by Gasteiger charge is 2.07. The molecule has 158 valence electrons. The molecule has 31 heavy (non-hydrogen) atoms. The van der Waals surface area contributed by atoms with E-state index in [-0.39, 0.29) is 17.8 Å². The predicted octanol–water partition coefficient (Wildman–Crippen LogP) is 2.96. The van der Waals surface area contributed by atoms with Crippen molar-refractivity contribution in [2.24, 2.45) is 0 Å². The van der Waals surface area contributed by atoms with Crippen molar-refractivity contribution in [1.82, 2.24) is 24.9 Å². The maximum absolute atomic E-state index is 12.4. The monoisotopic (exact) mass is 415 g/mol. The second-order valence-electron chi connectivity index (χ2n) is 7.68. The van der Waals surface area contributed by atoms with Gasteiger partial charge in [-0.1, -0.05) is 36.4 Å². The van der Waals surface area contributed by atoms with E-state index in [9.17, 15) is 9.59 Å². The first-order chi connectivity index (χ1) is 15.0. The maximum Gasteiger partial charge on any atom is 0.222 e. The van der Waals surface area contributed by atoms with Gasteiger partial charge in [-0.15, -0.1) is 0 Å². The third-order valence-corrected chi connectivity index (χ3v) is 5.23. The molecule has 2 aromatic heterocycles. The lowest BCUT2D eigenvalue weighted by Crippen LogP contribution is -2.25. The molecule has 0 aliphatic heterocycles. The summed E-state index contributed by atoms with van der Waals surface area (Å²) >= 11 is 0. The topological polar surface area (TPSA) is 81.8 Å². The van der Waals surface area contributed by atoms with E-state index in [1.807, 2.05) is 48.9 Å². The molecule has 4 rings (SSSR count). The lowest BCUT2D eigenvalue weighted by Gasteiger charge is -2.10. The maximum atomic E-state index is 12.4. The van der Waals surface area contributed by atoms with Crippen LogP contribution in [0.3, 0.4) is 0 Å². The van der Waals surface area contributed by atoms with Crippen LogP contribution in [0, 0.1) is 13.8 Å². The molecule has 4 aromatic rings. The summed E-state index contributed by atoms with van der Waals surface area (Å²) in [5.41, 5.74) is 4.93. The molecule has 0 bridgehead atoms. The smallest absolute Gasteiger partial charge is 0.222 e. The Morgan fingerprint density at radius 2 is 1.81 bits per heavy atom. The molecule has 0 radical (unpaired) electrons. The first-order valence-corrected chi connectivity index (χ1v) is 10.3. The van der Waals surface area contributed by atoms with Crippen LogP contribution in [0.25, 0.3) is 10.9 Å². The zero-order chi connectivity index (χ0) is 21.8. The van der Waals surface area contributed by atoms with Gasteiger partial charge >= 0.3 is 0 Å². The molecule has 7 heteroatoms. The zero-order valence-electron chi connectivity index (χ0n) is 17.7. The quantitative estimate of drug-likeness (QED) is 0.503. The number of nitrogens with zero attached hydrogens (tertiary/aromatic N) is 4. The molecule has 0 aliphatic rings. The Kier molecular flexibility index (Phi) is 5.93. The van der Waals surface area contributed by atoms with Crippen LogP contribution in [0.5, 0.6) is 0 Å². The minimum Gasteiger partial charge on any atom is -0.352 e. The predicted molar refractivity (Wildman–Crippen MR) is 120 cm³/mol. The molecule has 0 spiro atoms. The van der Waals surface area contributed by atoms with Crippen LogP contribution in [-0.2, 0) is 24.4 Å². The van der Waals surface area contributed by atoms with Crippen molar-refractivity contribution in [3.05, 3.63) is 93.5 Å². The van der Waals surface area contributed by atoms with E-state index in [0.29, 0.717) is 25.0 Å². The molecular weight excluding hydrogens is 390 g/mol. The van der Waals surface area contributed by atoms with Crippen molar-refractivity contribution in [1.29, 1.82) is 0 Å². The van der Waals surface area contributed by atoms with Crippen molar-refractivity contribution in [2.45, 2.75) is 39.9 Å². The van der Waals surface area contributed by atoms with Gasteiger partial charge in [0.15, 0.2) is 0 Å². The minimum absolute atomic E-state index is 0.0615. The van der Waals surface area contributed by atoms with Gasteiger partial charge in [0.25, 0.3) is 0 Å². The van der Waals surface area contributed by atoms with E-state index in [1.165, 1.54) is 6.20 Å². The van der Waals surface area contributed by atoms with Gasteiger partial charge in [0.1, 0.15) is 0 Å². The molecule has 0 saturated carbocycles. The summed E-state index contributed by atoms with van der Waals surface area (Å²) in [6.07, 6.45) is 1.58. The number of hydrogen-bond donors (Lipinski definition) is 1. The third-order valence-electron chi connectivity index (χ3n) is 5.23. The van der Waals surface area contributed by atoms with E-state index in [1.54, 1.807) is 10.7 Å². The van der Waals surface area contributed by atoms with Crippen molar-refractivity contribution in [2.75, 3.05) is 0 Å². The number of rotatable bonds is 7. The van der Waals surface area contributed by atoms with Gasteiger partial charge in [-0.25, -0.2) is 0 Å². The van der Waals surface area contributed by atoms with E-state index in [4.69, 9.17) is 0 Å². The summed E-state index contributed by atoms with van der Waals surface area (Å²) in [5.74, 6) is -0.0615. The Bertz CT molecular complexity index is 1290. The van der Waals surface area contributed by atoms with Gasteiger partial charge in [0, 0.05) is 24.0 Å². The Balaban J connectivity index is 1.35. The van der Waals surface area contributed by atoms with Gasteiger partial charge in [0.05, 0.1) is 30.5 Å². The number of amides is 1. The number of para-hydroxylation sites is 1. The van der Waals surface area contributed by atoms with E-state index in [2.05, 4.69) is 33.7 Å². The fourth-order valence-electron chi connectivity index (χ4n) is 3.68. The summed E-state index contributed by atoms with van der Waals surface area (Å²) in [5, 5.41) is 12.3. The number of benzene rings is 2. The molecule has 7 nitrogen and oxygen atoms in total. The molecule has 2 heterocycles. The van der Waals surface area contributed by atoms with Crippen molar-refractivity contribution in [3.8, 4) is 0 Å². The van der Waals surface area contributed by atoms with Crippen LogP contribution < -0.4 is 10.7 Å². The lowest BCUT2D eigenvalue weighted by molar-refractivity contribution is -0.121. The number of hydrogen-bond acceptors (Lipinski definition) is 4. The minimum atomic E-state index is -0.114. The summed E-state index contributed by atoms with van der Waals surface area (Å²) in [4.78, 5) is 24.3. The highest BCUT2D eigenvalue weighted by Crippen LogP contribution is 2.11. The molecule has 2 aromatic carbocycles. The van der Waals surface area contributed by atoms with Gasteiger partial charge in [-0.05, 0) is 43.2 Å². The molecular formula is C24H25N5O2. The fourth-order valence-corrected chi connectivity index (χ4v) is 3.68. The highest BCUT2D eigenvalue weighted by atomic mass is 16.1. The summed E-state index contributed by atoms with van der Waals surface area (Å²) in [6.45, 7) is 5.60. The van der Waals surface area contributed by atoms with Crippen LogP contribution >= 0.6 is 0 Å². The van der Waals surface area contributed by atoms with E-state index in [0.717, 1.165) is 28.0 Å². The Morgan fingerprint density at radius 3 is 2.61 bits per heavy atom. The third kappa shape index (κ3) is 4.88. The second-order valence-corrected chi connectivity index (χ2v) is 7.68. The zero-order valence-corrected chi connectivity index (χ0v) is 17.7. The van der Waals surface area contributed by atoms with Gasteiger partial charge in [-0.2, -0.15) is 10.2 Å². The lowest BCUT2D eigenvalue weighted by atomic mass is 10.1. The summed E-state index contributed by atoms with van der Waals surface area (Å²) in [7, 11) is 0. The van der Waals surface area contributed by atoms with Crippen molar-refractivity contribution >= 4 is 16.8 Å². The van der Waals surface area contributed by atoms with Crippen LogP contribution in [0.1, 0.15) is 28.9 Å². The Morgan fingerprint density at radius 1 is 1.00 bits per heavy atom. The van der Waals surface area contributed by atoms with Gasteiger partial charge in [-0.3, -0.25) is 19.0 Å². The number of aromatic nitrogens is 4.